The zero-order valence-electron chi connectivity index (χ0n) is 11.7. The van der Waals surface area contributed by atoms with Crippen LogP contribution in [-0.4, -0.2) is 23.1 Å². The molecule has 4 nitrogen and oxygen atoms in total. The molecule has 18 heavy (non-hydrogen) atoms. The van der Waals surface area contributed by atoms with Gasteiger partial charge in [-0.2, -0.15) is 0 Å². The quantitative estimate of drug-likeness (QED) is 0.893. The Morgan fingerprint density at radius 2 is 2.00 bits per heavy atom. The summed E-state index contributed by atoms with van der Waals surface area (Å²) in [6, 6.07) is 0.596. The molecule has 0 spiro atoms. The molecule has 1 saturated carbocycles. The first kappa shape index (κ1) is 13.3. The molecule has 1 unspecified atom stereocenters. The van der Waals surface area contributed by atoms with Crippen molar-refractivity contribution in [2.24, 2.45) is 5.73 Å². The number of hydrogen-bond acceptors (Lipinski definition) is 4. The fourth-order valence-corrected chi connectivity index (χ4v) is 2.71. The van der Waals surface area contributed by atoms with E-state index in [2.05, 4.69) is 21.9 Å². The van der Waals surface area contributed by atoms with Crippen LogP contribution in [-0.2, 0) is 0 Å². The second-order valence-corrected chi connectivity index (χ2v) is 5.40. The molecule has 0 saturated heterocycles. The van der Waals surface area contributed by atoms with E-state index in [1.165, 1.54) is 32.1 Å². The Bertz CT molecular complexity index is 397. The van der Waals surface area contributed by atoms with Crippen molar-refractivity contribution in [2.45, 2.75) is 58.0 Å². The summed E-state index contributed by atoms with van der Waals surface area (Å²) in [4.78, 5) is 11.3. The lowest BCUT2D eigenvalue weighted by molar-refractivity contribution is 0.424. The van der Waals surface area contributed by atoms with Gasteiger partial charge < -0.3 is 10.6 Å². The van der Waals surface area contributed by atoms with E-state index < -0.39 is 0 Å². The molecule has 0 bridgehead atoms. The topological polar surface area (TPSA) is 55.0 Å². The summed E-state index contributed by atoms with van der Waals surface area (Å²) in [6.07, 6.45) is 8.41. The van der Waals surface area contributed by atoms with E-state index in [0.29, 0.717) is 6.04 Å². The highest BCUT2D eigenvalue weighted by atomic mass is 15.2. The predicted molar refractivity (Wildman–Crippen MR) is 74.6 cm³/mol. The molecular formula is C14H24N4. The van der Waals surface area contributed by atoms with Crippen molar-refractivity contribution < 1.29 is 0 Å². The van der Waals surface area contributed by atoms with Crippen LogP contribution in [0.5, 0.6) is 0 Å². The van der Waals surface area contributed by atoms with E-state index in [0.717, 1.165) is 17.2 Å². The highest BCUT2D eigenvalue weighted by Gasteiger charge is 2.20. The van der Waals surface area contributed by atoms with Gasteiger partial charge in [-0.3, -0.25) is 0 Å². The monoisotopic (exact) mass is 248 g/mol. The molecule has 1 aliphatic rings. The van der Waals surface area contributed by atoms with Gasteiger partial charge in [-0.25, -0.2) is 9.97 Å². The number of rotatable bonds is 3. The van der Waals surface area contributed by atoms with Gasteiger partial charge in [0.15, 0.2) is 0 Å². The standard InChI is InChI=1S/C14H24N4/c1-10(15)13-9-16-14(17-11(13)2)18(3)12-7-5-4-6-8-12/h9-10,12H,4-8,15H2,1-3H3. The molecule has 1 aromatic rings. The summed E-state index contributed by atoms with van der Waals surface area (Å²) >= 11 is 0. The molecule has 0 amide bonds. The lowest BCUT2D eigenvalue weighted by Gasteiger charge is -2.31. The molecule has 1 fully saturated rings. The van der Waals surface area contributed by atoms with Crippen LogP contribution in [0.25, 0.3) is 0 Å². The minimum atomic E-state index is -0.000892. The van der Waals surface area contributed by atoms with Gasteiger partial charge in [0.2, 0.25) is 5.95 Å². The highest BCUT2D eigenvalue weighted by Crippen LogP contribution is 2.24. The SMILES string of the molecule is Cc1nc(N(C)C2CCCCC2)ncc1C(C)N. The Morgan fingerprint density at radius 3 is 2.56 bits per heavy atom. The largest absolute Gasteiger partial charge is 0.341 e. The zero-order valence-corrected chi connectivity index (χ0v) is 11.7. The Morgan fingerprint density at radius 1 is 1.33 bits per heavy atom. The molecule has 1 atom stereocenters. The highest BCUT2D eigenvalue weighted by molar-refractivity contribution is 5.34. The third-order valence-corrected chi connectivity index (χ3v) is 3.93. The van der Waals surface area contributed by atoms with Gasteiger partial charge in [0, 0.05) is 36.6 Å². The fourth-order valence-electron chi connectivity index (χ4n) is 2.71. The van der Waals surface area contributed by atoms with Gasteiger partial charge in [0.25, 0.3) is 0 Å². The van der Waals surface area contributed by atoms with E-state index in [1.54, 1.807) is 0 Å². The van der Waals surface area contributed by atoms with Gasteiger partial charge in [-0.1, -0.05) is 19.3 Å². The molecule has 0 aromatic carbocycles. The van der Waals surface area contributed by atoms with Crippen molar-refractivity contribution in [1.82, 2.24) is 9.97 Å². The third kappa shape index (κ3) is 2.80. The van der Waals surface area contributed by atoms with E-state index in [4.69, 9.17) is 5.73 Å². The van der Waals surface area contributed by atoms with Gasteiger partial charge in [-0.05, 0) is 26.7 Å². The number of anilines is 1. The van der Waals surface area contributed by atoms with Gasteiger partial charge in [0.05, 0.1) is 0 Å². The van der Waals surface area contributed by atoms with E-state index >= 15 is 0 Å². The Kier molecular flexibility index (Phi) is 4.17. The van der Waals surface area contributed by atoms with Crippen LogP contribution in [0.4, 0.5) is 5.95 Å². The van der Waals surface area contributed by atoms with Crippen LogP contribution in [0, 0.1) is 6.92 Å². The first-order chi connectivity index (χ1) is 8.59. The summed E-state index contributed by atoms with van der Waals surface area (Å²) in [5.74, 6) is 0.837. The van der Waals surface area contributed by atoms with Crippen molar-refractivity contribution in [3.8, 4) is 0 Å². The third-order valence-electron chi connectivity index (χ3n) is 3.93. The van der Waals surface area contributed by atoms with E-state index in [9.17, 15) is 0 Å². The minimum Gasteiger partial charge on any atom is -0.341 e. The smallest absolute Gasteiger partial charge is 0.225 e. The van der Waals surface area contributed by atoms with Crippen LogP contribution in [0.1, 0.15) is 56.3 Å². The summed E-state index contributed by atoms with van der Waals surface area (Å²) in [7, 11) is 2.11. The fraction of sp³-hybridized carbons (Fsp3) is 0.714. The number of nitrogens with two attached hydrogens (primary N) is 1. The molecular weight excluding hydrogens is 224 g/mol. The minimum absolute atomic E-state index is 0.000892. The molecule has 1 aromatic heterocycles. The van der Waals surface area contributed by atoms with Gasteiger partial charge >= 0.3 is 0 Å². The summed E-state index contributed by atoms with van der Waals surface area (Å²) in [6.45, 7) is 3.98. The average molecular weight is 248 g/mol. The molecule has 100 valence electrons. The Balaban J connectivity index is 2.15. The van der Waals surface area contributed by atoms with Crippen LogP contribution in [0.15, 0.2) is 6.20 Å². The summed E-state index contributed by atoms with van der Waals surface area (Å²) in [5.41, 5.74) is 7.93. The molecule has 1 aliphatic carbocycles. The maximum Gasteiger partial charge on any atom is 0.225 e. The van der Waals surface area contributed by atoms with Gasteiger partial charge in [-0.15, -0.1) is 0 Å². The number of hydrogen-bond donors (Lipinski definition) is 1. The molecule has 1 heterocycles. The predicted octanol–water partition coefficient (Wildman–Crippen LogP) is 2.57. The second kappa shape index (κ2) is 5.65. The Labute approximate surface area is 110 Å². The summed E-state index contributed by atoms with van der Waals surface area (Å²) in [5, 5.41) is 0. The van der Waals surface area contributed by atoms with Gasteiger partial charge in [0.1, 0.15) is 0 Å². The van der Waals surface area contributed by atoms with Crippen LogP contribution < -0.4 is 10.6 Å². The van der Waals surface area contributed by atoms with E-state index in [-0.39, 0.29) is 6.04 Å². The zero-order chi connectivity index (χ0) is 13.1. The maximum absolute atomic E-state index is 5.89. The number of nitrogens with zero attached hydrogens (tertiary/aromatic N) is 3. The van der Waals surface area contributed by atoms with Crippen molar-refractivity contribution in [3.05, 3.63) is 17.5 Å². The van der Waals surface area contributed by atoms with Crippen molar-refractivity contribution in [3.63, 3.8) is 0 Å². The lowest BCUT2D eigenvalue weighted by Crippen LogP contribution is -2.34. The lowest BCUT2D eigenvalue weighted by atomic mass is 9.95. The van der Waals surface area contributed by atoms with Crippen molar-refractivity contribution >= 4 is 5.95 Å². The average Bonchev–Trinajstić information content (AvgIpc) is 2.38. The first-order valence-electron chi connectivity index (χ1n) is 6.91. The maximum atomic E-state index is 5.89. The van der Waals surface area contributed by atoms with E-state index in [1.807, 2.05) is 20.0 Å². The first-order valence-corrected chi connectivity index (χ1v) is 6.91. The van der Waals surface area contributed by atoms with Crippen LogP contribution >= 0.6 is 0 Å². The number of aromatic nitrogens is 2. The van der Waals surface area contributed by atoms with Crippen LogP contribution in [0.3, 0.4) is 0 Å². The number of aryl methyl sites for hydroxylation is 1. The van der Waals surface area contributed by atoms with Crippen molar-refractivity contribution in [2.75, 3.05) is 11.9 Å². The Hall–Kier alpha value is -1.16. The van der Waals surface area contributed by atoms with Crippen molar-refractivity contribution in [1.29, 1.82) is 0 Å². The molecule has 2 N–H and O–H groups in total. The summed E-state index contributed by atoms with van der Waals surface area (Å²) < 4.78 is 0. The second-order valence-electron chi connectivity index (χ2n) is 5.40. The van der Waals surface area contributed by atoms with Crippen LogP contribution in [0.2, 0.25) is 0 Å². The molecule has 2 rings (SSSR count). The molecule has 4 heteroatoms. The molecule has 0 radical (unpaired) electrons. The normalized spacial score (nSPS) is 18.7. The molecule has 0 aliphatic heterocycles.